The van der Waals surface area contributed by atoms with Crippen molar-refractivity contribution < 1.29 is 4.79 Å². The number of aryl methyl sites for hydroxylation is 1. The predicted molar refractivity (Wildman–Crippen MR) is 67.2 cm³/mol. The Balaban J connectivity index is 2.46. The van der Waals surface area contributed by atoms with Gasteiger partial charge in [0.15, 0.2) is 0 Å². The number of amides is 1. The number of hydrogen-bond donors (Lipinski definition) is 1. The molecular weight excluding hydrogens is 216 g/mol. The van der Waals surface area contributed by atoms with Crippen LogP contribution in [0.3, 0.4) is 0 Å². The van der Waals surface area contributed by atoms with Gasteiger partial charge in [-0.2, -0.15) is 5.10 Å². The number of nitrogens with zero attached hydrogens (tertiary/aromatic N) is 3. The van der Waals surface area contributed by atoms with Crippen LogP contribution in [-0.4, -0.2) is 33.7 Å². The molecule has 1 amide bonds. The fourth-order valence-electron chi connectivity index (χ4n) is 1.74. The lowest BCUT2D eigenvalue weighted by Crippen LogP contribution is -2.41. The molecule has 1 aromatic rings. The molecule has 0 saturated heterocycles. The molecule has 0 unspecified atom stereocenters. The fraction of sp³-hybridized carbons (Fsp3) is 0.667. The summed E-state index contributed by atoms with van der Waals surface area (Å²) in [5.74, 6) is 0.00213. The summed E-state index contributed by atoms with van der Waals surface area (Å²) in [7, 11) is 3.64. The van der Waals surface area contributed by atoms with Gasteiger partial charge < -0.3 is 10.6 Å². The number of unbranched alkanes of at least 4 members (excludes halogenated alkanes) is 1. The molecule has 1 heterocycles. The van der Waals surface area contributed by atoms with Crippen molar-refractivity contribution in [1.29, 1.82) is 0 Å². The molecule has 96 valence electrons. The van der Waals surface area contributed by atoms with Gasteiger partial charge in [0.2, 0.25) is 5.91 Å². The van der Waals surface area contributed by atoms with Crippen LogP contribution in [0.5, 0.6) is 0 Å². The molecule has 5 nitrogen and oxygen atoms in total. The number of likely N-dealkylation sites (N-methyl/N-ethyl adjacent to an activating group) is 1. The van der Waals surface area contributed by atoms with Crippen molar-refractivity contribution in [3.63, 3.8) is 0 Å². The number of hydrogen-bond acceptors (Lipinski definition) is 3. The van der Waals surface area contributed by atoms with E-state index in [-0.39, 0.29) is 11.9 Å². The first kappa shape index (κ1) is 13.7. The van der Waals surface area contributed by atoms with Gasteiger partial charge in [0, 0.05) is 32.4 Å². The van der Waals surface area contributed by atoms with Crippen LogP contribution in [0.2, 0.25) is 0 Å². The highest BCUT2D eigenvalue weighted by atomic mass is 16.2. The third-order valence-corrected chi connectivity index (χ3v) is 2.74. The monoisotopic (exact) mass is 238 g/mol. The van der Waals surface area contributed by atoms with E-state index in [1.807, 2.05) is 13.2 Å². The number of carbonyl (C=O) groups excluding carboxylic acids is 1. The molecule has 1 rings (SSSR count). The Hall–Kier alpha value is -1.36. The zero-order valence-electron chi connectivity index (χ0n) is 10.9. The van der Waals surface area contributed by atoms with Crippen LogP contribution < -0.4 is 5.73 Å². The molecule has 0 aliphatic heterocycles. The first-order valence-corrected chi connectivity index (χ1v) is 6.02. The molecule has 0 aliphatic rings. The maximum absolute atomic E-state index is 11.9. The van der Waals surface area contributed by atoms with E-state index in [4.69, 9.17) is 5.73 Å². The van der Waals surface area contributed by atoms with Crippen molar-refractivity contribution in [2.75, 3.05) is 7.05 Å². The first-order valence-electron chi connectivity index (χ1n) is 6.02. The summed E-state index contributed by atoms with van der Waals surface area (Å²) >= 11 is 0. The maximum Gasteiger partial charge on any atom is 0.239 e. The van der Waals surface area contributed by atoms with Gasteiger partial charge in [-0.3, -0.25) is 9.48 Å². The molecule has 0 aromatic carbocycles. The summed E-state index contributed by atoms with van der Waals surface area (Å²) in [5, 5.41) is 4.07. The second-order valence-electron chi connectivity index (χ2n) is 4.47. The van der Waals surface area contributed by atoms with Crippen LogP contribution in [0.15, 0.2) is 12.4 Å². The Morgan fingerprint density at radius 3 is 2.88 bits per heavy atom. The van der Waals surface area contributed by atoms with Crippen LogP contribution in [0, 0.1) is 0 Å². The van der Waals surface area contributed by atoms with E-state index in [9.17, 15) is 4.79 Å². The SMILES string of the molecule is CCCC[C@H](N)C(=O)N(C)Cc1cnn(C)c1. The quantitative estimate of drug-likeness (QED) is 0.800. The van der Waals surface area contributed by atoms with Crippen LogP contribution in [-0.2, 0) is 18.4 Å². The van der Waals surface area contributed by atoms with Crippen molar-refractivity contribution in [1.82, 2.24) is 14.7 Å². The molecule has 2 N–H and O–H groups in total. The average molecular weight is 238 g/mol. The Kier molecular flexibility index (Phi) is 5.15. The molecule has 17 heavy (non-hydrogen) atoms. The third-order valence-electron chi connectivity index (χ3n) is 2.74. The van der Waals surface area contributed by atoms with E-state index in [0.29, 0.717) is 6.54 Å². The number of carbonyl (C=O) groups is 1. The second kappa shape index (κ2) is 6.39. The van der Waals surface area contributed by atoms with Gasteiger partial charge in [-0.15, -0.1) is 0 Å². The Bertz CT molecular complexity index is 361. The van der Waals surface area contributed by atoms with Crippen LogP contribution in [0.1, 0.15) is 31.7 Å². The van der Waals surface area contributed by atoms with Gasteiger partial charge in [0.25, 0.3) is 0 Å². The third kappa shape index (κ3) is 4.19. The highest BCUT2D eigenvalue weighted by molar-refractivity contribution is 5.81. The van der Waals surface area contributed by atoms with Crippen molar-refractivity contribution in [2.24, 2.45) is 12.8 Å². The van der Waals surface area contributed by atoms with E-state index >= 15 is 0 Å². The first-order chi connectivity index (χ1) is 8.04. The molecule has 5 heteroatoms. The Morgan fingerprint density at radius 2 is 2.35 bits per heavy atom. The standard InChI is InChI=1S/C12H22N4O/c1-4-5-6-11(13)12(17)15(2)8-10-7-14-16(3)9-10/h7,9,11H,4-6,8,13H2,1-3H3/t11-/m0/s1. The molecule has 0 radical (unpaired) electrons. The zero-order chi connectivity index (χ0) is 12.8. The van der Waals surface area contributed by atoms with Gasteiger partial charge >= 0.3 is 0 Å². The molecule has 0 aliphatic carbocycles. The summed E-state index contributed by atoms with van der Waals surface area (Å²) in [4.78, 5) is 13.6. The normalized spacial score (nSPS) is 12.5. The van der Waals surface area contributed by atoms with Crippen molar-refractivity contribution >= 4 is 5.91 Å². The maximum atomic E-state index is 11.9. The summed E-state index contributed by atoms with van der Waals surface area (Å²) < 4.78 is 1.73. The van der Waals surface area contributed by atoms with Crippen molar-refractivity contribution in [3.05, 3.63) is 18.0 Å². The molecule has 0 saturated carbocycles. The lowest BCUT2D eigenvalue weighted by molar-refractivity contribution is -0.132. The van der Waals surface area contributed by atoms with Gasteiger partial charge in [-0.25, -0.2) is 0 Å². The van der Waals surface area contributed by atoms with E-state index in [2.05, 4.69) is 12.0 Å². The smallest absolute Gasteiger partial charge is 0.239 e. The van der Waals surface area contributed by atoms with E-state index in [0.717, 1.165) is 24.8 Å². The minimum Gasteiger partial charge on any atom is -0.340 e. The molecule has 1 atom stereocenters. The molecule has 0 bridgehead atoms. The summed E-state index contributed by atoms with van der Waals surface area (Å²) in [5.41, 5.74) is 6.87. The van der Waals surface area contributed by atoms with Gasteiger partial charge in [0.1, 0.15) is 0 Å². The average Bonchev–Trinajstić information content (AvgIpc) is 2.70. The van der Waals surface area contributed by atoms with E-state index in [1.165, 1.54) is 0 Å². The van der Waals surface area contributed by atoms with Gasteiger partial charge in [-0.05, 0) is 6.42 Å². The molecule has 0 spiro atoms. The summed E-state index contributed by atoms with van der Waals surface area (Å²) in [6.07, 6.45) is 6.48. The van der Waals surface area contributed by atoms with Crippen molar-refractivity contribution in [2.45, 2.75) is 38.8 Å². The fourth-order valence-corrected chi connectivity index (χ4v) is 1.74. The van der Waals surface area contributed by atoms with Crippen LogP contribution in [0.4, 0.5) is 0 Å². The highest BCUT2D eigenvalue weighted by Gasteiger charge is 2.17. The molecular formula is C12H22N4O. The van der Waals surface area contributed by atoms with Crippen molar-refractivity contribution in [3.8, 4) is 0 Å². The van der Waals surface area contributed by atoms with Gasteiger partial charge in [-0.1, -0.05) is 19.8 Å². The Labute approximate surface area is 103 Å². The lowest BCUT2D eigenvalue weighted by atomic mass is 10.1. The topological polar surface area (TPSA) is 64.2 Å². The summed E-state index contributed by atoms with van der Waals surface area (Å²) in [6, 6.07) is -0.378. The molecule has 0 fully saturated rings. The Morgan fingerprint density at radius 1 is 1.65 bits per heavy atom. The highest BCUT2D eigenvalue weighted by Crippen LogP contribution is 2.05. The zero-order valence-corrected chi connectivity index (χ0v) is 10.9. The lowest BCUT2D eigenvalue weighted by Gasteiger charge is -2.20. The van der Waals surface area contributed by atoms with Crippen LogP contribution in [0.25, 0.3) is 0 Å². The summed E-state index contributed by atoms with van der Waals surface area (Å²) in [6.45, 7) is 2.66. The van der Waals surface area contributed by atoms with Crippen LogP contribution >= 0.6 is 0 Å². The van der Waals surface area contributed by atoms with E-state index < -0.39 is 0 Å². The number of rotatable bonds is 6. The largest absolute Gasteiger partial charge is 0.340 e. The number of aromatic nitrogens is 2. The second-order valence-corrected chi connectivity index (χ2v) is 4.47. The van der Waals surface area contributed by atoms with Gasteiger partial charge in [0.05, 0.1) is 12.2 Å². The minimum absolute atomic E-state index is 0.00213. The van der Waals surface area contributed by atoms with E-state index in [1.54, 1.807) is 22.8 Å². The molecule has 1 aromatic heterocycles. The number of nitrogens with two attached hydrogens (primary N) is 1. The predicted octanol–water partition coefficient (Wildman–Crippen LogP) is 0.896. The minimum atomic E-state index is -0.378.